The molecule has 7 nitrogen and oxygen atoms in total. The Morgan fingerprint density at radius 2 is 1.33 bits per heavy atom. The highest BCUT2D eigenvalue weighted by Crippen LogP contribution is 2.27. The number of anilines is 1. The number of amides is 2. The number of aryl methyl sites for hydroxylation is 1. The number of hydrogen-bond donors (Lipinski definition) is 1. The summed E-state index contributed by atoms with van der Waals surface area (Å²) in [5.41, 5.74) is 4.08. The standard InChI is InChI=1S/C38H45N3O4S/c1-6-30(5)39-38(43)36(25-31-13-9-7-10-14-31)40(26-32-15-11-8-12-16-32)37(42)27-41(34-21-19-33(20-22-34)28(2)3)46(44,45)35-23-17-29(4)18-24-35/h7-24,28,30,36H,6,25-27H2,1-5H3,(H,39,43). The van der Waals surface area contributed by atoms with Gasteiger partial charge in [0.1, 0.15) is 12.6 Å². The number of hydrogen-bond acceptors (Lipinski definition) is 4. The van der Waals surface area contributed by atoms with Crippen molar-refractivity contribution in [1.82, 2.24) is 10.2 Å². The maximum absolute atomic E-state index is 14.6. The summed E-state index contributed by atoms with van der Waals surface area (Å²) in [5, 5.41) is 3.07. The van der Waals surface area contributed by atoms with Crippen LogP contribution >= 0.6 is 0 Å². The lowest BCUT2D eigenvalue weighted by Crippen LogP contribution is -2.54. The molecule has 242 valence electrons. The smallest absolute Gasteiger partial charge is 0.264 e. The van der Waals surface area contributed by atoms with Crippen LogP contribution in [-0.4, -0.2) is 43.8 Å². The summed E-state index contributed by atoms with van der Waals surface area (Å²) in [5.74, 6) is -0.508. The van der Waals surface area contributed by atoms with E-state index < -0.39 is 28.5 Å². The van der Waals surface area contributed by atoms with E-state index in [2.05, 4.69) is 19.2 Å². The van der Waals surface area contributed by atoms with Crippen LogP contribution in [0.2, 0.25) is 0 Å². The molecule has 0 aliphatic rings. The fourth-order valence-corrected chi connectivity index (χ4v) is 6.58. The minimum atomic E-state index is -4.15. The lowest BCUT2D eigenvalue weighted by molar-refractivity contribution is -0.140. The molecule has 2 amide bonds. The van der Waals surface area contributed by atoms with Crippen molar-refractivity contribution in [3.63, 3.8) is 0 Å². The van der Waals surface area contributed by atoms with E-state index in [9.17, 15) is 18.0 Å². The summed E-state index contributed by atoms with van der Waals surface area (Å²) in [4.78, 5) is 30.1. The first-order valence-electron chi connectivity index (χ1n) is 15.9. The van der Waals surface area contributed by atoms with E-state index in [-0.39, 0.29) is 35.7 Å². The average Bonchev–Trinajstić information content (AvgIpc) is 3.06. The van der Waals surface area contributed by atoms with Crippen LogP contribution in [0.4, 0.5) is 5.69 Å². The summed E-state index contributed by atoms with van der Waals surface area (Å²) in [6, 6.07) is 31.9. The van der Waals surface area contributed by atoms with Crippen molar-refractivity contribution in [3.05, 3.63) is 131 Å². The van der Waals surface area contributed by atoms with Gasteiger partial charge in [-0.1, -0.05) is 111 Å². The molecule has 2 unspecified atom stereocenters. The third kappa shape index (κ3) is 8.85. The first-order valence-corrected chi connectivity index (χ1v) is 17.3. The summed E-state index contributed by atoms with van der Waals surface area (Å²) in [6.45, 7) is 9.60. The molecule has 0 saturated heterocycles. The Bertz CT molecular complexity index is 1670. The highest BCUT2D eigenvalue weighted by Gasteiger charge is 2.35. The Hall–Kier alpha value is -4.43. The van der Waals surface area contributed by atoms with Gasteiger partial charge in [0, 0.05) is 19.0 Å². The fraction of sp³-hybridized carbons (Fsp3) is 0.316. The third-order valence-electron chi connectivity index (χ3n) is 8.20. The Labute approximate surface area is 274 Å². The van der Waals surface area contributed by atoms with Crippen LogP contribution in [-0.2, 0) is 32.6 Å². The van der Waals surface area contributed by atoms with Crippen LogP contribution in [0.3, 0.4) is 0 Å². The van der Waals surface area contributed by atoms with E-state index >= 15 is 0 Å². The van der Waals surface area contributed by atoms with Gasteiger partial charge in [-0.15, -0.1) is 0 Å². The Balaban J connectivity index is 1.80. The van der Waals surface area contributed by atoms with Gasteiger partial charge in [-0.05, 0) is 67.1 Å². The van der Waals surface area contributed by atoms with Gasteiger partial charge in [-0.2, -0.15) is 0 Å². The predicted molar refractivity (Wildman–Crippen MR) is 185 cm³/mol. The summed E-state index contributed by atoms with van der Waals surface area (Å²) >= 11 is 0. The number of sulfonamides is 1. The molecule has 4 aromatic rings. The molecular weight excluding hydrogens is 595 g/mol. The van der Waals surface area contributed by atoms with Crippen molar-refractivity contribution >= 4 is 27.5 Å². The van der Waals surface area contributed by atoms with Crippen molar-refractivity contribution in [2.45, 2.75) is 76.9 Å². The second-order valence-corrected chi connectivity index (χ2v) is 14.0. The molecule has 1 N–H and O–H groups in total. The molecule has 0 radical (unpaired) electrons. The lowest BCUT2D eigenvalue weighted by Gasteiger charge is -2.34. The molecule has 4 rings (SSSR count). The molecule has 4 aromatic carbocycles. The summed E-state index contributed by atoms with van der Waals surface area (Å²) in [7, 11) is -4.15. The minimum absolute atomic E-state index is 0.0868. The molecule has 46 heavy (non-hydrogen) atoms. The summed E-state index contributed by atoms with van der Waals surface area (Å²) < 4.78 is 29.6. The molecule has 0 fully saturated rings. The first-order chi connectivity index (χ1) is 22.0. The van der Waals surface area contributed by atoms with Gasteiger partial charge in [0.2, 0.25) is 11.8 Å². The molecular formula is C38H45N3O4S. The third-order valence-corrected chi connectivity index (χ3v) is 9.99. The predicted octanol–water partition coefficient (Wildman–Crippen LogP) is 6.87. The number of benzene rings is 4. The maximum Gasteiger partial charge on any atom is 0.264 e. The molecule has 0 saturated carbocycles. The van der Waals surface area contributed by atoms with Gasteiger partial charge in [-0.25, -0.2) is 8.42 Å². The van der Waals surface area contributed by atoms with E-state index in [4.69, 9.17) is 0 Å². The van der Waals surface area contributed by atoms with E-state index in [0.29, 0.717) is 5.69 Å². The van der Waals surface area contributed by atoms with Crippen molar-refractivity contribution in [3.8, 4) is 0 Å². The highest BCUT2D eigenvalue weighted by molar-refractivity contribution is 7.92. The zero-order chi connectivity index (χ0) is 33.3. The number of carbonyl (C=O) groups is 2. The Morgan fingerprint density at radius 3 is 1.87 bits per heavy atom. The topological polar surface area (TPSA) is 86.8 Å². The second kappa shape index (κ2) is 15.7. The molecule has 0 aliphatic carbocycles. The van der Waals surface area contributed by atoms with Crippen molar-refractivity contribution in [2.75, 3.05) is 10.8 Å². The average molecular weight is 640 g/mol. The van der Waals surface area contributed by atoms with Crippen molar-refractivity contribution < 1.29 is 18.0 Å². The van der Waals surface area contributed by atoms with E-state index in [1.807, 2.05) is 93.6 Å². The molecule has 8 heteroatoms. The van der Waals surface area contributed by atoms with Crippen LogP contribution in [0.1, 0.15) is 62.3 Å². The minimum Gasteiger partial charge on any atom is -0.352 e. The molecule has 2 atom stereocenters. The van der Waals surface area contributed by atoms with Crippen LogP contribution in [0, 0.1) is 6.92 Å². The second-order valence-electron chi connectivity index (χ2n) is 12.1. The molecule has 0 heterocycles. The van der Waals surface area contributed by atoms with Crippen LogP contribution in [0.15, 0.2) is 114 Å². The van der Waals surface area contributed by atoms with Gasteiger partial charge >= 0.3 is 0 Å². The zero-order valence-corrected chi connectivity index (χ0v) is 28.2. The van der Waals surface area contributed by atoms with Gasteiger partial charge in [0.15, 0.2) is 0 Å². The highest BCUT2D eigenvalue weighted by atomic mass is 32.2. The number of carbonyl (C=O) groups excluding carboxylic acids is 2. The van der Waals surface area contributed by atoms with Crippen LogP contribution < -0.4 is 9.62 Å². The van der Waals surface area contributed by atoms with Crippen LogP contribution in [0.25, 0.3) is 0 Å². The number of nitrogens with zero attached hydrogens (tertiary/aromatic N) is 2. The Kier molecular flexibility index (Phi) is 11.8. The first kappa shape index (κ1) is 34.4. The van der Waals surface area contributed by atoms with Gasteiger partial charge in [-0.3, -0.25) is 13.9 Å². The van der Waals surface area contributed by atoms with E-state index in [0.717, 1.165) is 33.0 Å². The van der Waals surface area contributed by atoms with Gasteiger partial charge in [0.05, 0.1) is 10.6 Å². The van der Waals surface area contributed by atoms with Crippen molar-refractivity contribution in [2.24, 2.45) is 0 Å². The quantitative estimate of drug-likeness (QED) is 0.163. The number of nitrogens with one attached hydrogen (secondary N) is 1. The summed E-state index contributed by atoms with van der Waals surface area (Å²) in [6.07, 6.45) is 1.00. The largest absolute Gasteiger partial charge is 0.352 e. The Morgan fingerprint density at radius 1 is 0.761 bits per heavy atom. The van der Waals surface area contributed by atoms with E-state index in [1.54, 1.807) is 36.4 Å². The van der Waals surface area contributed by atoms with Crippen LogP contribution in [0.5, 0.6) is 0 Å². The lowest BCUT2D eigenvalue weighted by atomic mass is 10.0. The molecule has 0 bridgehead atoms. The zero-order valence-electron chi connectivity index (χ0n) is 27.4. The maximum atomic E-state index is 14.6. The SMILES string of the molecule is CCC(C)NC(=O)C(Cc1ccccc1)N(Cc1ccccc1)C(=O)CN(c1ccc(C(C)C)cc1)S(=O)(=O)c1ccc(C)cc1. The fourth-order valence-electron chi connectivity index (χ4n) is 5.17. The molecule has 0 aromatic heterocycles. The van der Waals surface area contributed by atoms with E-state index in [1.165, 1.54) is 4.90 Å². The molecule has 0 spiro atoms. The van der Waals surface area contributed by atoms with Gasteiger partial charge in [0.25, 0.3) is 10.0 Å². The van der Waals surface area contributed by atoms with Crippen molar-refractivity contribution in [1.29, 1.82) is 0 Å². The molecule has 0 aliphatic heterocycles. The number of rotatable bonds is 14. The normalized spacial score (nSPS) is 12.7. The monoisotopic (exact) mass is 639 g/mol. The van der Waals surface area contributed by atoms with Gasteiger partial charge < -0.3 is 10.2 Å².